The number of amides is 5. The number of rotatable bonds is 19. The maximum Gasteiger partial charge on any atom is 0.246 e. The summed E-state index contributed by atoms with van der Waals surface area (Å²) < 4.78 is 5.56. The Morgan fingerprint density at radius 3 is 2.31 bits per heavy atom. The third kappa shape index (κ3) is 13.0. The molecule has 20 heteroatoms. The summed E-state index contributed by atoms with van der Waals surface area (Å²) in [5.41, 5.74) is 6.39. The number of halogens is 1. The number of aliphatic hydroxyl groups excluding tert-OH is 2. The average Bonchev–Trinajstić information content (AvgIpc) is 4.04. The Balaban J connectivity index is 0.819. The molecule has 0 bridgehead atoms. The molecule has 0 radical (unpaired) electrons. The van der Waals surface area contributed by atoms with E-state index in [-0.39, 0.29) is 63.4 Å². The minimum absolute atomic E-state index is 0.0338. The molecule has 7 rings (SSSR count). The lowest BCUT2D eigenvalue weighted by atomic mass is 9.85. The Bertz CT molecular complexity index is 2460. The number of thiazole rings is 1. The summed E-state index contributed by atoms with van der Waals surface area (Å²) in [6.07, 6.45) is 0.818. The van der Waals surface area contributed by atoms with Crippen LogP contribution in [0, 0.1) is 12.3 Å². The number of β-amino-alcohol motifs (C(OH)–C–C–N with tert-alkyl or cyclic N) is 1. The van der Waals surface area contributed by atoms with Crippen molar-refractivity contribution < 1.29 is 38.9 Å². The molecule has 6 unspecified atom stereocenters. The first kappa shape index (κ1) is 52.3. The van der Waals surface area contributed by atoms with Gasteiger partial charge in [0.1, 0.15) is 30.8 Å². The van der Waals surface area contributed by atoms with E-state index in [0.29, 0.717) is 56.4 Å². The molecule has 70 heavy (non-hydrogen) atoms. The van der Waals surface area contributed by atoms with E-state index in [0.717, 1.165) is 38.6 Å². The van der Waals surface area contributed by atoms with Crippen molar-refractivity contribution in [2.75, 3.05) is 70.5 Å². The van der Waals surface area contributed by atoms with Gasteiger partial charge < -0.3 is 50.9 Å². The van der Waals surface area contributed by atoms with Gasteiger partial charge in [0.05, 0.1) is 46.5 Å². The van der Waals surface area contributed by atoms with E-state index in [2.05, 4.69) is 48.0 Å². The molecule has 376 valence electrons. The van der Waals surface area contributed by atoms with Crippen LogP contribution in [-0.4, -0.2) is 148 Å². The molecular formula is C50H65ClN10O8S. The van der Waals surface area contributed by atoms with Crippen LogP contribution in [0.4, 0.5) is 5.82 Å². The number of hydrogen-bond acceptors (Lipinski definition) is 14. The van der Waals surface area contributed by atoms with Gasteiger partial charge in [-0.05, 0) is 53.5 Å². The third-order valence-corrected chi connectivity index (χ3v) is 14.4. The molecule has 0 saturated carbocycles. The summed E-state index contributed by atoms with van der Waals surface area (Å²) in [5.74, 6) is -1.25. The van der Waals surface area contributed by atoms with Crippen molar-refractivity contribution in [3.8, 4) is 10.4 Å². The number of aromatic nitrogens is 3. The summed E-state index contributed by atoms with van der Waals surface area (Å²) in [4.78, 5) is 87.1. The molecule has 2 fully saturated rings. The maximum atomic E-state index is 14.1. The van der Waals surface area contributed by atoms with Gasteiger partial charge >= 0.3 is 0 Å². The monoisotopic (exact) mass is 1000 g/mol. The van der Waals surface area contributed by atoms with Crippen molar-refractivity contribution in [3.05, 3.63) is 93.5 Å². The van der Waals surface area contributed by atoms with Crippen LogP contribution in [0.5, 0.6) is 0 Å². The highest BCUT2D eigenvalue weighted by molar-refractivity contribution is 7.13. The Labute approximate surface area is 417 Å². The highest BCUT2D eigenvalue weighted by Crippen LogP contribution is 2.43. The van der Waals surface area contributed by atoms with E-state index in [1.165, 1.54) is 11.2 Å². The maximum absolute atomic E-state index is 14.1. The van der Waals surface area contributed by atoms with Gasteiger partial charge in [-0.3, -0.25) is 24.0 Å². The Hall–Kier alpha value is -5.57. The Morgan fingerprint density at radius 1 is 0.900 bits per heavy atom. The summed E-state index contributed by atoms with van der Waals surface area (Å²) in [6, 6.07) is 13.1. The number of likely N-dealkylation sites (tertiary alicyclic amines) is 1. The van der Waals surface area contributed by atoms with Crippen molar-refractivity contribution in [2.45, 2.75) is 96.6 Å². The van der Waals surface area contributed by atoms with E-state index >= 15 is 0 Å². The van der Waals surface area contributed by atoms with Crippen molar-refractivity contribution in [1.29, 1.82) is 0 Å². The first-order valence-corrected chi connectivity index (χ1v) is 25.2. The molecule has 0 spiro atoms. The molecule has 3 aliphatic rings. The Morgan fingerprint density at radius 2 is 1.63 bits per heavy atom. The normalized spacial score (nSPS) is 19.9. The summed E-state index contributed by atoms with van der Waals surface area (Å²) in [6.45, 7) is 12.2. The van der Waals surface area contributed by atoms with Crippen LogP contribution in [0.3, 0.4) is 0 Å². The SMILES string of the molecule is Cc1ncsc1-c1ccc(CNC(=O)C2CC(O)CN2C(=O)C(NC(=O)COCCNC(=O)CCNCC(C(=O)N2CCN(c3ncnc4c3C(C)CC4O)CC2)c2ccc(Cl)cc2)C(C)(C)C)cc1. The number of carbonyl (C=O) groups excluding carboxylic acids is 5. The van der Waals surface area contributed by atoms with Crippen LogP contribution in [0.1, 0.15) is 93.0 Å². The topological polar surface area (TPSA) is 232 Å². The van der Waals surface area contributed by atoms with Crippen molar-refractivity contribution in [2.24, 2.45) is 5.41 Å². The number of ether oxygens (including phenoxy) is 1. The lowest BCUT2D eigenvalue weighted by Gasteiger charge is -2.38. The van der Waals surface area contributed by atoms with Gasteiger partial charge in [-0.15, -0.1) is 11.3 Å². The molecule has 6 N–H and O–H groups in total. The second kappa shape index (κ2) is 23.6. The van der Waals surface area contributed by atoms with E-state index < -0.39 is 53.3 Å². The molecular weight excluding hydrogens is 936 g/mol. The molecule has 1 aliphatic carbocycles. The second-order valence-electron chi connectivity index (χ2n) is 19.4. The second-order valence-corrected chi connectivity index (χ2v) is 20.7. The van der Waals surface area contributed by atoms with Crippen LogP contribution in [-0.2, 0) is 35.3 Å². The van der Waals surface area contributed by atoms with Crippen molar-refractivity contribution >= 4 is 58.3 Å². The van der Waals surface area contributed by atoms with Gasteiger partial charge in [0, 0.05) is 82.3 Å². The van der Waals surface area contributed by atoms with Gasteiger partial charge in [0.15, 0.2) is 0 Å². The molecule has 5 amide bonds. The quantitative estimate of drug-likeness (QED) is 0.0741. The van der Waals surface area contributed by atoms with Gasteiger partial charge in [0.2, 0.25) is 29.5 Å². The molecule has 4 aromatic rings. The number of aryl methyl sites for hydroxylation is 1. The molecule has 2 saturated heterocycles. The molecule has 2 aromatic carbocycles. The molecule has 4 heterocycles. The number of fused-ring (bicyclic) bond motifs is 1. The third-order valence-electron chi connectivity index (χ3n) is 13.1. The number of carbonyl (C=O) groups is 5. The zero-order valence-corrected chi connectivity index (χ0v) is 42.0. The van der Waals surface area contributed by atoms with Gasteiger partial charge in [-0.25, -0.2) is 15.0 Å². The molecule has 18 nitrogen and oxygen atoms in total. The molecule has 2 aromatic heterocycles. The van der Waals surface area contributed by atoms with Crippen LogP contribution in [0.15, 0.2) is 60.4 Å². The largest absolute Gasteiger partial charge is 0.391 e. The standard InChI is InChI=1S/C50H65ClN10O8S/c1-30-22-39(63)43-42(30)46(56-28-55-43)59-17-19-60(20-18-59)48(67)37(33-10-12-35(51)13-11-33)25-52-15-14-40(64)53-16-21-69-27-41(65)58-45(50(3,4)5)49(68)61-26-36(62)23-38(61)47(66)54-24-32-6-8-34(9-7-32)44-31(2)57-29-70-44/h6-13,28-30,36-39,45,52,62-63H,14-27H2,1-5H3,(H,53,64)(H,54,66)(H,58,65). The van der Waals surface area contributed by atoms with E-state index in [4.69, 9.17) is 16.3 Å². The lowest BCUT2D eigenvalue weighted by Crippen LogP contribution is -2.58. The minimum atomic E-state index is -1.02. The van der Waals surface area contributed by atoms with E-state index in [1.54, 1.807) is 49.8 Å². The predicted molar refractivity (Wildman–Crippen MR) is 266 cm³/mol. The fourth-order valence-corrected chi connectivity index (χ4v) is 10.2. The number of piperazine rings is 1. The fourth-order valence-electron chi connectivity index (χ4n) is 9.30. The van der Waals surface area contributed by atoms with Gasteiger partial charge in [0.25, 0.3) is 0 Å². The summed E-state index contributed by atoms with van der Waals surface area (Å²) >= 11 is 7.75. The fraction of sp³-hybridized carbons (Fsp3) is 0.520. The van der Waals surface area contributed by atoms with Gasteiger partial charge in [-0.1, -0.05) is 75.7 Å². The van der Waals surface area contributed by atoms with Crippen LogP contribution < -0.4 is 26.2 Å². The van der Waals surface area contributed by atoms with Gasteiger partial charge in [-0.2, -0.15) is 0 Å². The predicted octanol–water partition coefficient (Wildman–Crippen LogP) is 3.46. The zero-order valence-electron chi connectivity index (χ0n) is 40.5. The van der Waals surface area contributed by atoms with Crippen LogP contribution >= 0.6 is 22.9 Å². The molecule has 6 atom stereocenters. The van der Waals surface area contributed by atoms with Crippen LogP contribution in [0.2, 0.25) is 5.02 Å². The Kier molecular flexibility index (Phi) is 17.6. The summed E-state index contributed by atoms with van der Waals surface area (Å²) in [5, 5.41) is 33.4. The number of nitrogens with one attached hydrogen (secondary N) is 4. The smallest absolute Gasteiger partial charge is 0.246 e. The highest BCUT2D eigenvalue weighted by atomic mass is 35.5. The summed E-state index contributed by atoms with van der Waals surface area (Å²) in [7, 11) is 0. The van der Waals surface area contributed by atoms with E-state index in [9.17, 15) is 34.2 Å². The first-order valence-electron chi connectivity index (χ1n) is 23.9. The minimum Gasteiger partial charge on any atom is -0.391 e. The van der Waals surface area contributed by atoms with Crippen LogP contribution in [0.25, 0.3) is 10.4 Å². The number of hydrogen-bond donors (Lipinski definition) is 6. The first-order chi connectivity index (χ1) is 33.5. The zero-order chi connectivity index (χ0) is 50.1. The number of aliphatic hydroxyl groups is 2. The lowest BCUT2D eigenvalue weighted by molar-refractivity contribution is -0.144. The number of benzene rings is 2. The molecule has 2 aliphatic heterocycles. The van der Waals surface area contributed by atoms with E-state index in [1.807, 2.05) is 48.2 Å². The highest BCUT2D eigenvalue weighted by Gasteiger charge is 2.44. The number of anilines is 1. The van der Waals surface area contributed by atoms with Crippen molar-refractivity contribution in [1.82, 2.24) is 46.0 Å². The number of nitrogens with zero attached hydrogens (tertiary/aromatic N) is 6. The van der Waals surface area contributed by atoms with Crippen molar-refractivity contribution in [3.63, 3.8) is 0 Å². The average molecular weight is 1000 g/mol.